The molecule has 5 heteroatoms. The van der Waals surface area contributed by atoms with E-state index in [1.54, 1.807) is 6.92 Å². The fourth-order valence-electron chi connectivity index (χ4n) is 0.843. The van der Waals surface area contributed by atoms with E-state index < -0.39 is 5.92 Å². The Morgan fingerprint density at radius 3 is 2.64 bits per heavy atom. The van der Waals surface area contributed by atoms with Gasteiger partial charge in [0.1, 0.15) is 0 Å². The van der Waals surface area contributed by atoms with Crippen LogP contribution in [0.15, 0.2) is 0 Å². The number of thioether (sulfide) groups is 1. The zero-order valence-corrected chi connectivity index (χ0v) is 9.33. The van der Waals surface area contributed by atoms with Crippen molar-refractivity contribution in [2.45, 2.75) is 32.6 Å². The lowest BCUT2D eigenvalue weighted by molar-refractivity contribution is -0.139. The van der Waals surface area contributed by atoms with Crippen LogP contribution < -0.4 is 0 Å². The van der Waals surface area contributed by atoms with Crippen molar-refractivity contribution in [3.05, 3.63) is 0 Å². The van der Waals surface area contributed by atoms with Gasteiger partial charge in [-0.3, -0.25) is 4.79 Å². The summed E-state index contributed by atoms with van der Waals surface area (Å²) in [6, 6.07) is 0. The molecule has 0 saturated heterocycles. The molecule has 0 aromatic heterocycles. The maximum Gasteiger partial charge on any atom is 0.315 e. The molecular weight excluding hydrogens is 210 g/mol. The molecule has 0 spiro atoms. The zero-order chi connectivity index (χ0) is 11.0. The Hall–Kier alpha value is -0.320. The molecule has 0 radical (unpaired) electrons. The molecule has 0 aliphatic heterocycles. The summed E-state index contributed by atoms with van der Waals surface area (Å²) in [5, 5.41) is 0. The first-order valence-corrected chi connectivity index (χ1v) is 5.72. The summed E-state index contributed by atoms with van der Waals surface area (Å²) < 4.78 is 29.3. The van der Waals surface area contributed by atoms with Crippen molar-refractivity contribution in [3.63, 3.8) is 0 Å². The molecule has 0 heterocycles. The molecule has 84 valence electrons. The molecule has 2 nitrogen and oxygen atoms in total. The van der Waals surface area contributed by atoms with Crippen LogP contribution in [-0.2, 0) is 9.53 Å². The number of carbonyl (C=O) groups excluding carboxylic acids is 1. The second-order valence-corrected chi connectivity index (χ2v) is 4.14. The summed E-state index contributed by atoms with van der Waals surface area (Å²) in [5.41, 5.74) is 0. The fraction of sp³-hybridized carbons (Fsp3) is 0.889. The molecule has 0 unspecified atom stereocenters. The Morgan fingerprint density at radius 2 is 2.14 bits per heavy atom. The van der Waals surface area contributed by atoms with Crippen molar-refractivity contribution >= 4 is 17.7 Å². The van der Waals surface area contributed by atoms with Crippen molar-refractivity contribution in [2.75, 3.05) is 18.1 Å². The number of hydrogen-bond acceptors (Lipinski definition) is 3. The number of rotatable bonds is 7. The van der Waals surface area contributed by atoms with Crippen molar-refractivity contribution in [3.8, 4) is 0 Å². The van der Waals surface area contributed by atoms with E-state index in [1.807, 2.05) is 0 Å². The fourth-order valence-corrected chi connectivity index (χ4v) is 1.59. The van der Waals surface area contributed by atoms with E-state index in [0.29, 0.717) is 18.8 Å². The van der Waals surface area contributed by atoms with Crippen LogP contribution in [-0.4, -0.2) is 30.0 Å². The number of halogens is 2. The van der Waals surface area contributed by atoms with Gasteiger partial charge in [-0.2, -0.15) is 11.8 Å². The van der Waals surface area contributed by atoms with Crippen LogP contribution in [0.5, 0.6) is 0 Å². The third-order valence-corrected chi connectivity index (χ3v) is 2.45. The lowest BCUT2D eigenvalue weighted by Gasteiger charge is -2.08. The highest BCUT2D eigenvalue weighted by molar-refractivity contribution is 7.99. The minimum atomic E-state index is -2.59. The minimum absolute atomic E-state index is 0.122. The Labute approximate surface area is 87.4 Å². The van der Waals surface area contributed by atoms with E-state index in [4.69, 9.17) is 0 Å². The van der Waals surface area contributed by atoms with Gasteiger partial charge in [0.2, 0.25) is 5.92 Å². The predicted octanol–water partition coefficient (Wildman–Crippen LogP) is 2.72. The molecule has 14 heavy (non-hydrogen) atoms. The Balaban J connectivity index is 3.26. The highest BCUT2D eigenvalue weighted by atomic mass is 32.2. The van der Waals surface area contributed by atoms with Crippen LogP contribution in [0.4, 0.5) is 8.78 Å². The van der Waals surface area contributed by atoms with Crippen molar-refractivity contribution in [1.29, 1.82) is 0 Å². The SMILES string of the molecule is CCOC(=O)CSCCCC(C)(F)F. The average molecular weight is 226 g/mol. The highest BCUT2D eigenvalue weighted by Gasteiger charge is 2.19. The van der Waals surface area contributed by atoms with Crippen LogP contribution >= 0.6 is 11.8 Å². The maximum absolute atomic E-state index is 12.3. The number of esters is 1. The Morgan fingerprint density at radius 1 is 1.50 bits per heavy atom. The van der Waals surface area contributed by atoms with Crippen LogP contribution in [0.1, 0.15) is 26.7 Å². The van der Waals surface area contributed by atoms with E-state index in [1.165, 1.54) is 11.8 Å². The second-order valence-electron chi connectivity index (χ2n) is 3.03. The third-order valence-electron chi connectivity index (χ3n) is 1.43. The van der Waals surface area contributed by atoms with Gasteiger partial charge in [0.15, 0.2) is 0 Å². The standard InChI is InChI=1S/C9H16F2O2S/c1-3-13-8(12)7-14-6-4-5-9(2,10)11/h3-7H2,1-2H3. The van der Waals surface area contributed by atoms with Gasteiger partial charge < -0.3 is 4.74 Å². The van der Waals surface area contributed by atoms with Gasteiger partial charge in [-0.15, -0.1) is 0 Å². The first-order chi connectivity index (χ1) is 6.45. The molecule has 0 atom stereocenters. The monoisotopic (exact) mass is 226 g/mol. The molecule has 0 aromatic rings. The highest BCUT2D eigenvalue weighted by Crippen LogP contribution is 2.20. The Bertz CT molecular complexity index is 169. The van der Waals surface area contributed by atoms with E-state index in [-0.39, 0.29) is 18.1 Å². The Kier molecular flexibility index (Phi) is 6.87. The normalized spacial score (nSPS) is 11.4. The molecule has 0 aliphatic carbocycles. The van der Waals surface area contributed by atoms with Gasteiger partial charge in [0.25, 0.3) is 0 Å². The second kappa shape index (κ2) is 7.04. The lowest BCUT2D eigenvalue weighted by Crippen LogP contribution is -2.10. The number of alkyl halides is 2. The van der Waals surface area contributed by atoms with Gasteiger partial charge in [-0.25, -0.2) is 8.78 Å². The first-order valence-electron chi connectivity index (χ1n) is 4.57. The lowest BCUT2D eigenvalue weighted by atomic mass is 10.2. The van der Waals surface area contributed by atoms with E-state index in [0.717, 1.165) is 6.92 Å². The smallest absolute Gasteiger partial charge is 0.315 e. The van der Waals surface area contributed by atoms with E-state index >= 15 is 0 Å². The molecule has 0 amide bonds. The first kappa shape index (κ1) is 13.7. The molecule has 0 rings (SSSR count). The molecule has 0 fully saturated rings. The summed E-state index contributed by atoms with van der Waals surface area (Å²) in [6.07, 6.45) is 0.302. The molecule has 0 N–H and O–H groups in total. The quantitative estimate of drug-likeness (QED) is 0.493. The average Bonchev–Trinajstić information content (AvgIpc) is 2.02. The van der Waals surface area contributed by atoms with Crippen LogP contribution in [0.2, 0.25) is 0 Å². The van der Waals surface area contributed by atoms with E-state index in [9.17, 15) is 13.6 Å². The van der Waals surface area contributed by atoms with E-state index in [2.05, 4.69) is 4.74 Å². The molecule has 0 bridgehead atoms. The van der Waals surface area contributed by atoms with Gasteiger partial charge in [-0.1, -0.05) is 0 Å². The topological polar surface area (TPSA) is 26.3 Å². The summed E-state index contributed by atoms with van der Waals surface area (Å²) in [6.45, 7) is 3.01. The van der Waals surface area contributed by atoms with Crippen LogP contribution in [0.25, 0.3) is 0 Å². The summed E-state index contributed by atoms with van der Waals surface area (Å²) >= 11 is 1.33. The zero-order valence-electron chi connectivity index (χ0n) is 8.52. The molecule has 0 saturated carbocycles. The molecule has 0 aromatic carbocycles. The van der Waals surface area contributed by atoms with Gasteiger partial charge >= 0.3 is 5.97 Å². The van der Waals surface area contributed by atoms with Crippen molar-refractivity contribution in [2.24, 2.45) is 0 Å². The minimum Gasteiger partial charge on any atom is -0.465 e. The molecular formula is C9H16F2O2S. The number of carbonyl (C=O) groups is 1. The maximum atomic E-state index is 12.3. The van der Waals surface area contributed by atoms with Gasteiger partial charge in [0, 0.05) is 6.42 Å². The number of hydrogen-bond donors (Lipinski definition) is 0. The third kappa shape index (κ3) is 9.77. The van der Waals surface area contributed by atoms with Crippen molar-refractivity contribution in [1.82, 2.24) is 0 Å². The summed E-state index contributed by atoms with van der Waals surface area (Å²) in [4.78, 5) is 10.8. The van der Waals surface area contributed by atoms with Gasteiger partial charge in [0.05, 0.1) is 12.4 Å². The van der Waals surface area contributed by atoms with Crippen LogP contribution in [0.3, 0.4) is 0 Å². The summed E-state index contributed by atoms with van der Waals surface area (Å²) in [5.74, 6) is -2.05. The number of ether oxygens (including phenoxy) is 1. The van der Waals surface area contributed by atoms with Gasteiger partial charge in [-0.05, 0) is 26.0 Å². The predicted molar refractivity (Wildman–Crippen MR) is 53.8 cm³/mol. The van der Waals surface area contributed by atoms with Crippen LogP contribution in [0, 0.1) is 0 Å². The summed E-state index contributed by atoms with van der Waals surface area (Å²) in [7, 11) is 0. The largest absolute Gasteiger partial charge is 0.465 e. The molecule has 0 aliphatic rings. The van der Waals surface area contributed by atoms with Crippen molar-refractivity contribution < 1.29 is 18.3 Å².